The van der Waals surface area contributed by atoms with Crippen molar-refractivity contribution in [1.29, 1.82) is 5.26 Å². The first-order valence-electron chi connectivity index (χ1n) is 9.63. The lowest BCUT2D eigenvalue weighted by atomic mass is 9.95. The van der Waals surface area contributed by atoms with E-state index in [1.807, 2.05) is 24.2 Å². The lowest BCUT2D eigenvalue weighted by Gasteiger charge is -2.33. The number of nitrogens with one attached hydrogen (secondary N) is 1. The minimum absolute atomic E-state index is 0.0403. The summed E-state index contributed by atoms with van der Waals surface area (Å²) >= 11 is 0. The fourth-order valence-electron chi connectivity index (χ4n) is 3.72. The zero-order valence-corrected chi connectivity index (χ0v) is 16.6. The third-order valence-electron chi connectivity index (χ3n) is 5.22. The van der Waals surface area contributed by atoms with Crippen molar-refractivity contribution in [2.45, 2.75) is 39.2 Å². The van der Waals surface area contributed by atoms with Crippen LogP contribution in [0.4, 0.5) is 10.1 Å². The summed E-state index contributed by atoms with van der Waals surface area (Å²) in [5.41, 5.74) is 2.86. The number of hydrogen-bond donors (Lipinski definition) is 1. The molecule has 1 aliphatic heterocycles. The number of carbonyl (C=O) groups is 1. The van der Waals surface area contributed by atoms with Crippen LogP contribution in [0.15, 0.2) is 24.4 Å². The summed E-state index contributed by atoms with van der Waals surface area (Å²) in [5, 5.41) is 16.4. The van der Waals surface area contributed by atoms with Crippen LogP contribution in [0.3, 0.4) is 0 Å². The first kappa shape index (κ1) is 19.9. The number of hydrogen-bond acceptors (Lipinski definition) is 4. The summed E-state index contributed by atoms with van der Waals surface area (Å²) < 4.78 is 16.0. The number of amides is 1. The molecule has 2 aromatic rings. The maximum absolute atomic E-state index is 14.2. The van der Waals surface area contributed by atoms with E-state index in [0.717, 1.165) is 11.3 Å². The molecule has 3 rings (SSSR count). The predicted molar refractivity (Wildman–Crippen MR) is 105 cm³/mol. The number of aryl methyl sites for hydroxylation is 1. The number of aromatic nitrogens is 2. The molecule has 1 N–H and O–H groups in total. The van der Waals surface area contributed by atoms with Crippen molar-refractivity contribution < 1.29 is 9.18 Å². The molecule has 0 spiro atoms. The van der Waals surface area contributed by atoms with Gasteiger partial charge >= 0.3 is 0 Å². The predicted octanol–water partition coefficient (Wildman–Crippen LogP) is 3.09. The quantitative estimate of drug-likeness (QED) is 0.861. The molecule has 6 nitrogen and oxygen atoms in total. The van der Waals surface area contributed by atoms with Crippen LogP contribution in [0.5, 0.6) is 0 Å². The monoisotopic (exact) mass is 383 g/mol. The highest BCUT2D eigenvalue weighted by Crippen LogP contribution is 2.26. The number of benzene rings is 1. The van der Waals surface area contributed by atoms with Crippen LogP contribution < -0.4 is 10.2 Å². The summed E-state index contributed by atoms with van der Waals surface area (Å²) in [6.45, 7) is 5.89. The zero-order valence-electron chi connectivity index (χ0n) is 16.6. The van der Waals surface area contributed by atoms with Gasteiger partial charge in [-0.1, -0.05) is 13.8 Å². The summed E-state index contributed by atoms with van der Waals surface area (Å²) in [6, 6.07) is 6.47. The van der Waals surface area contributed by atoms with Crippen molar-refractivity contribution in [1.82, 2.24) is 15.1 Å². The van der Waals surface area contributed by atoms with Crippen molar-refractivity contribution in [2.75, 3.05) is 18.0 Å². The number of piperidine rings is 1. The van der Waals surface area contributed by atoms with E-state index in [2.05, 4.69) is 24.3 Å². The Kier molecular flexibility index (Phi) is 5.98. The van der Waals surface area contributed by atoms with Crippen molar-refractivity contribution in [2.24, 2.45) is 13.0 Å². The lowest BCUT2D eigenvalue weighted by molar-refractivity contribution is -0.125. The first-order valence-corrected chi connectivity index (χ1v) is 9.63. The second kappa shape index (κ2) is 8.42. The molecule has 0 saturated carbocycles. The van der Waals surface area contributed by atoms with E-state index in [1.54, 1.807) is 16.8 Å². The van der Waals surface area contributed by atoms with E-state index in [-0.39, 0.29) is 17.6 Å². The zero-order chi connectivity index (χ0) is 20.3. The summed E-state index contributed by atoms with van der Waals surface area (Å²) in [5.74, 6) is -0.117. The number of halogens is 1. The van der Waals surface area contributed by atoms with Gasteiger partial charge in [0, 0.05) is 44.4 Å². The molecule has 1 saturated heterocycles. The second-order valence-corrected chi connectivity index (χ2v) is 7.63. The molecule has 0 bridgehead atoms. The van der Waals surface area contributed by atoms with Gasteiger partial charge in [-0.15, -0.1) is 0 Å². The number of nitriles is 1. The van der Waals surface area contributed by atoms with E-state index in [4.69, 9.17) is 5.26 Å². The molecule has 148 valence electrons. The van der Waals surface area contributed by atoms with Gasteiger partial charge in [-0.3, -0.25) is 9.48 Å². The van der Waals surface area contributed by atoms with E-state index in [1.165, 1.54) is 6.07 Å². The van der Waals surface area contributed by atoms with E-state index in [9.17, 15) is 9.18 Å². The van der Waals surface area contributed by atoms with Crippen LogP contribution in [0, 0.1) is 23.1 Å². The fraction of sp³-hybridized carbons (Fsp3) is 0.476. The standard InChI is InChI=1S/C21H26FN5O/c1-14(2)20-17(13-26(3)25-20)12-24-21(28)16-6-8-27(9-7-16)19-5-4-15(11-23)10-18(19)22/h4-5,10,13-14,16H,6-9,12H2,1-3H3,(H,24,28). The van der Waals surface area contributed by atoms with E-state index in [0.29, 0.717) is 49.6 Å². The Balaban J connectivity index is 1.55. The van der Waals surface area contributed by atoms with Gasteiger partial charge in [0.15, 0.2) is 0 Å². The molecular weight excluding hydrogens is 357 g/mol. The van der Waals surface area contributed by atoms with Crippen LogP contribution in [-0.4, -0.2) is 28.8 Å². The number of anilines is 1. The third-order valence-corrected chi connectivity index (χ3v) is 5.22. The topological polar surface area (TPSA) is 74.0 Å². The van der Waals surface area contributed by atoms with Gasteiger partial charge in [-0.2, -0.15) is 10.4 Å². The Morgan fingerprint density at radius 3 is 2.71 bits per heavy atom. The van der Waals surface area contributed by atoms with Gasteiger partial charge in [-0.25, -0.2) is 4.39 Å². The summed E-state index contributed by atoms with van der Waals surface area (Å²) in [6.07, 6.45) is 3.30. The summed E-state index contributed by atoms with van der Waals surface area (Å²) in [7, 11) is 1.88. The molecule has 2 heterocycles. The van der Waals surface area contributed by atoms with Gasteiger partial charge in [0.25, 0.3) is 0 Å². The minimum Gasteiger partial charge on any atom is -0.369 e. The van der Waals surface area contributed by atoms with Crippen LogP contribution in [0.2, 0.25) is 0 Å². The highest BCUT2D eigenvalue weighted by atomic mass is 19.1. The second-order valence-electron chi connectivity index (χ2n) is 7.63. The van der Waals surface area contributed by atoms with Crippen molar-refractivity contribution in [3.63, 3.8) is 0 Å². The highest BCUT2D eigenvalue weighted by Gasteiger charge is 2.26. The molecule has 0 radical (unpaired) electrons. The molecule has 1 amide bonds. The van der Waals surface area contributed by atoms with E-state index < -0.39 is 0 Å². The maximum atomic E-state index is 14.2. The van der Waals surface area contributed by atoms with Crippen molar-refractivity contribution in [3.05, 3.63) is 47.0 Å². The smallest absolute Gasteiger partial charge is 0.223 e. The van der Waals surface area contributed by atoms with Crippen molar-refractivity contribution >= 4 is 11.6 Å². The average Bonchev–Trinajstić information content (AvgIpc) is 3.07. The third kappa shape index (κ3) is 4.33. The Labute approximate surface area is 164 Å². The molecule has 0 unspecified atom stereocenters. The molecule has 0 atom stereocenters. The fourth-order valence-corrected chi connectivity index (χ4v) is 3.72. The molecule has 1 aromatic heterocycles. The van der Waals surface area contributed by atoms with Gasteiger partial charge in [0.05, 0.1) is 23.0 Å². The maximum Gasteiger partial charge on any atom is 0.223 e. The average molecular weight is 383 g/mol. The molecule has 1 fully saturated rings. The van der Waals surface area contributed by atoms with Gasteiger partial charge in [-0.05, 0) is 37.0 Å². The Hall–Kier alpha value is -2.88. The molecule has 1 aromatic carbocycles. The van der Waals surface area contributed by atoms with Crippen LogP contribution in [-0.2, 0) is 18.4 Å². The van der Waals surface area contributed by atoms with E-state index >= 15 is 0 Å². The number of rotatable bonds is 5. The van der Waals surface area contributed by atoms with Crippen LogP contribution in [0.25, 0.3) is 0 Å². The van der Waals surface area contributed by atoms with Gasteiger partial charge < -0.3 is 10.2 Å². The Bertz CT molecular complexity index is 891. The summed E-state index contributed by atoms with van der Waals surface area (Å²) in [4.78, 5) is 14.5. The normalized spacial score (nSPS) is 14.9. The van der Waals surface area contributed by atoms with Crippen LogP contribution >= 0.6 is 0 Å². The van der Waals surface area contributed by atoms with Gasteiger partial charge in [0.1, 0.15) is 5.82 Å². The highest BCUT2D eigenvalue weighted by molar-refractivity contribution is 5.79. The lowest BCUT2D eigenvalue weighted by Crippen LogP contribution is -2.40. The Morgan fingerprint density at radius 1 is 1.39 bits per heavy atom. The molecular formula is C21H26FN5O. The molecule has 0 aliphatic carbocycles. The first-order chi connectivity index (χ1) is 13.4. The SMILES string of the molecule is CC(C)c1nn(C)cc1CNC(=O)C1CCN(c2ccc(C#N)cc2F)CC1. The molecule has 7 heteroatoms. The Morgan fingerprint density at radius 2 is 2.11 bits per heavy atom. The molecule has 28 heavy (non-hydrogen) atoms. The largest absolute Gasteiger partial charge is 0.369 e. The van der Waals surface area contributed by atoms with Crippen LogP contribution in [0.1, 0.15) is 49.4 Å². The minimum atomic E-state index is -0.389. The molecule has 1 aliphatic rings. The van der Waals surface area contributed by atoms with Crippen molar-refractivity contribution in [3.8, 4) is 6.07 Å². The number of nitrogens with zero attached hydrogens (tertiary/aromatic N) is 4. The number of carbonyl (C=O) groups excluding carboxylic acids is 1. The van der Waals surface area contributed by atoms with Gasteiger partial charge in [0.2, 0.25) is 5.91 Å².